The summed E-state index contributed by atoms with van der Waals surface area (Å²) in [7, 11) is 0. The molecule has 4 aromatic rings. The van der Waals surface area contributed by atoms with Gasteiger partial charge in [-0.25, -0.2) is 4.98 Å². The monoisotopic (exact) mass is 463 g/mol. The average molecular weight is 464 g/mol. The minimum atomic E-state index is -0.136. The Morgan fingerprint density at radius 3 is 2.67 bits per heavy atom. The lowest BCUT2D eigenvalue weighted by Crippen LogP contribution is -2.53. The van der Waals surface area contributed by atoms with Crippen LogP contribution in [0.4, 0.5) is 5.69 Å². The van der Waals surface area contributed by atoms with Crippen molar-refractivity contribution in [3.05, 3.63) is 57.3 Å². The first-order valence-corrected chi connectivity index (χ1v) is 11.2. The molecule has 3 N–H and O–H groups in total. The van der Waals surface area contributed by atoms with Crippen LogP contribution in [0, 0.1) is 5.92 Å². The highest BCUT2D eigenvalue weighted by molar-refractivity contribution is 9.10. The molecular weight excluding hydrogens is 442 g/mol. The van der Waals surface area contributed by atoms with Crippen molar-refractivity contribution in [2.45, 2.75) is 18.9 Å². The number of fused-ring (bicyclic) bond motifs is 5. The van der Waals surface area contributed by atoms with Gasteiger partial charge in [0.15, 0.2) is 0 Å². The quantitative estimate of drug-likeness (QED) is 0.422. The topological polar surface area (TPSA) is 76.8 Å². The number of halogens is 1. The van der Waals surface area contributed by atoms with E-state index in [0.29, 0.717) is 23.3 Å². The highest BCUT2D eigenvalue weighted by Crippen LogP contribution is 2.36. The Morgan fingerprint density at radius 2 is 1.90 bits per heavy atom. The number of aromatic amines is 2. The molecule has 3 saturated heterocycles. The predicted octanol–water partition coefficient (Wildman–Crippen LogP) is 4.34. The molecule has 0 amide bonds. The summed E-state index contributed by atoms with van der Waals surface area (Å²) in [5, 5.41) is 4.79. The first kappa shape index (κ1) is 18.2. The fourth-order valence-corrected chi connectivity index (χ4v) is 5.39. The number of hydrogen-bond acceptors (Lipinski definition) is 4. The van der Waals surface area contributed by atoms with Crippen molar-refractivity contribution >= 4 is 43.6 Å². The summed E-state index contributed by atoms with van der Waals surface area (Å²) in [6, 6.07) is 14.3. The van der Waals surface area contributed by atoms with E-state index in [1.807, 2.05) is 36.4 Å². The minimum absolute atomic E-state index is 0.136. The molecule has 7 rings (SSSR count). The van der Waals surface area contributed by atoms with Crippen LogP contribution >= 0.6 is 15.9 Å². The number of piperidine rings is 3. The number of hydrogen-bond donors (Lipinski definition) is 3. The van der Waals surface area contributed by atoms with E-state index in [-0.39, 0.29) is 5.56 Å². The number of H-pyrrole nitrogens is 2. The molecule has 0 aliphatic carbocycles. The molecule has 3 aliphatic rings. The summed E-state index contributed by atoms with van der Waals surface area (Å²) in [5.41, 5.74) is 3.92. The van der Waals surface area contributed by atoms with E-state index in [9.17, 15) is 4.79 Å². The molecule has 0 unspecified atom stereocenters. The Kier molecular flexibility index (Phi) is 4.21. The van der Waals surface area contributed by atoms with Gasteiger partial charge in [-0.3, -0.25) is 4.79 Å². The van der Waals surface area contributed by atoms with Crippen LogP contribution in [-0.2, 0) is 0 Å². The summed E-state index contributed by atoms with van der Waals surface area (Å²) in [5.74, 6) is 1.24. The number of nitrogens with zero attached hydrogens (tertiary/aromatic N) is 2. The van der Waals surface area contributed by atoms with E-state index >= 15 is 0 Å². The van der Waals surface area contributed by atoms with Gasteiger partial charge in [0.05, 0.1) is 22.2 Å². The average Bonchev–Trinajstić information content (AvgIpc) is 3.18. The summed E-state index contributed by atoms with van der Waals surface area (Å²) in [4.78, 5) is 26.9. The third kappa shape index (κ3) is 2.96. The molecule has 1 atom stereocenters. The fourth-order valence-electron chi connectivity index (χ4n) is 5.03. The molecule has 0 radical (unpaired) electrons. The summed E-state index contributed by atoms with van der Waals surface area (Å²) in [6.07, 6.45) is 2.43. The van der Waals surface area contributed by atoms with Gasteiger partial charge in [-0.05, 0) is 62.2 Å². The van der Waals surface area contributed by atoms with Crippen LogP contribution in [0.5, 0.6) is 0 Å². The van der Waals surface area contributed by atoms with Crippen molar-refractivity contribution in [2.24, 2.45) is 5.92 Å². The highest BCUT2D eigenvalue weighted by atomic mass is 79.9. The maximum absolute atomic E-state index is 13.3. The zero-order valence-electron chi connectivity index (χ0n) is 16.4. The molecule has 152 valence electrons. The number of anilines is 1. The fraction of sp³-hybridized carbons (Fsp3) is 0.304. The molecule has 7 heteroatoms. The molecule has 0 spiro atoms. The van der Waals surface area contributed by atoms with Crippen LogP contribution in [-0.4, -0.2) is 45.5 Å². The highest BCUT2D eigenvalue weighted by Gasteiger charge is 2.35. The third-order valence-electron chi connectivity index (χ3n) is 6.59. The van der Waals surface area contributed by atoms with Crippen molar-refractivity contribution in [2.75, 3.05) is 25.0 Å². The minimum Gasteiger partial charge on any atom is -0.379 e. The Morgan fingerprint density at radius 1 is 1.07 bits per heavy atom. The lowest BCUT2D eigenvalue weighted by Gasteiger charge is -2.45. The van der Waals surface area contributed by atoms with E-state index in [1.165, 1.54) is 25.9 Å². The Balaban J connectivity index is 1.56. The van der Waals surface area contributed by atoms with E-state index < -0.39 is 0 Å². The van der Waals surface area contributed by atoms with Gasteiger partial charge in [-0.15, -0.1) is 0 Å². The summed E-state index contributed by atoms with van der Waals surface area (Å²) >= 11 is 3.53. The van der Waals surface area contributed by atoms with Gasteiger partial charge >= 0.3 is 0 Å². The first-order chi connectivity index (χ1) is 14.7. The number of nitrogens with one attached hydrogen (secondary N) is 3. The molecule has 3 aliphatic heterocycles. The van der Waals surface area contributed by atoms with E-state index in [4.69, 9.17) is 4.98 Å². The van der Waals surface area contributed by atoms with Gasteiger partial charge in [0.1, 0.15) is 11.4 Å². The molecule has 30 heavy (non-hydrogen) atoms. The van der Waals surface area contributed by atoms with Gasteiger partial charge in [0.25, 0.3) is 5.56 Å². The molecule has 2 bridgehead atoms. The standard InChI is InChI=1S/C23H22BrN5O/c24-14-5-6-15-18(11-14)28-23(30)20(22-26-16-3-1-2-4-17(16)27-22)21(15)25-19-12-29-9-7-13(19)8-10-29/h1-6,11,13,19H,7-10,12H2,(H,26,27)(H2,25,28,30)/t19-/m1/s1. The maximum atomic E-state index is 13.3. The molecule has 5 heterocycles. The number of para-hydroxylation sites is 2. The number of rotatable bonds is 3. The summed E-state index contributed by atoms with van der Waals surface area (Å²) in [6.45, 7) is 3.39. The lowest BCUT2D eigenvalue weighted by atomic mass is 9.83. The molecule has 2 aromatic heterocycles. The van der Waals surface area contributed by atoms with Crippen molar-refractivity contribution in [3.8, 4) is 11.4 Å². The molecular formula is C23H22BrN5O. The van der Waals surface area contributed by atoms with Crippen LogP contribution in [0.2, 0.25) is 0 Å². The van der Waals surface area contributed by atoms with Crippen LogP contribution in [0.15, 0.2) is 51.7 Å². The first-order valence-electron chi connectivity index (χ1n) is 10.5. The zero-order chi connectivity index (χ0) is 20.2. The Hall–Kier alpha value is -2.64. The molecule has 0 saturated carbocycles. The number of pyridine rings is 1. The van der Waals surface area contributed by atoms with Gasteiger partial charge in [0, 0.05) is 22.4 Å². The SMILES string of the molecule is O=c1[nH]c2cc(Br)ccc2c(N[C@@H]2CN3CCC2CC3)c1-c1nc2ccccc2[nH]1. The van der Waals surface area contributed by atoms with E-state index in [2.05, 4.69) is 42.2 Å². The molecule has 6 nitrogen and oxygen atoms in total. The number of imidazole rings is 1. The normalized spacial score (nSPS) is 23.3. The van der Waals surface area contributed by atoms with Gasteiger partial charge < -0.3 is 20.2 Å². The second kappa shape index (κ2) is 6.96. The molecule has 3 fully saturated rings. The van der Waals surface area contributed by atoms with E-state index in [0.717, 1.165) is 38.6 Å². The van der Waals surface area contributed by atoms with E-state index in [1.54, 1.807) is 0 Å². The second-order valence-electron chi connectivity index (χ2n) is 8.39. The van der Waals surface area contributed by atoms with Crippen LogP contribution in [0.3, 0.4) is 0 Å². The summed E-state index contributed by atoms with van der Waals surface area (Å²) < 4.78 is 0.941. The number of benzene rings is 2. The van der Waals surface area contributed by atoms with Crippen LogP contribution < -0.4 is 10.9 Å². The van der Waals surface area contributed by atoms with Crippen molar-refractivity contribution in [1.29, 1.82) is 0 Å². The lowest BCUT2D eigenvalue weighted by molar-refractivity contribution is 0.0976. The van der Waals surface area contributed by atoms with Gasteiger partial charge in [0.2, 0.25) is 0 Å². The van der Waals surface area contributed by atoms with Crippen LogP contribution in [0.25, 0.3) is 33.3 Å². The van der Waals surface area contributed by atoms with Crippen molar-refractivity contribution < 1.29 is 0 Å². The zero-order valence-corrected chi connectivity index (χ0v) is 18.0. The van der Waals surface area contributed by atoms with Crippen LogP contribution in [0.1, 0.15) is 12.8 Å². The number of aromatic nitrogens is 3. The van der Waals surface area contributed by atoms with Crippen molar-refractivity contribution in [3.63, 3.8) is 0 Å². The largest absolute Gasteiger partial charge is 0.379 e. The maximum Gasteiger partial charge on any atom is 0.261 e. The Bertz CT molecular complexity index is 1290. The van der Waals surface area contributed by atoms with Crippen molar-refractivity contribution in [1.82, 2.24) is 19.9 Å². The second-order valence-corrected chi connectivity index (χ2v) is 9.30. The van der Waals surface area contributed by atoms with Gasteiger partial charge in [-0.2, -0.15) is 0 Å². The Labute approximate surface area is 181 Å². The third-order valence-corrected chi connectivity index (χ3v) is 7.08. The smallest absolute Gasteiger partial charge is 0.261 e. The molecule has 2 aromatic carbocycles. The van der Waals surface area contributed by atoms with Gasteiger partial charge in [-0.1, -0.05) is 28.1 Å². The predicted molar refractivity (Wildman–Crippen MR) is 124 cm³/mol.